The maximum absolute atomic E-state index is 12.5. The van der Waals surface area contributed by atoms with E-state index in [9.17, 15) is 13.6 Å². The van der Waals surface area contributed by atoms with E-state index in [4.69, 9.17) is 0 Å². The van der Waals surface area contributed by atoms with Gasteiger partial charge in [0.1, 0.15) is 5.75 Å². The van der Waals surface area contributed by atoms with Gasteiger partial charge in [0.15, 0.2) is 4.96 Å². The lowest BCUT2D eigenvalue weighted by atomic mass is 10.1. The molecule has 146 valence electrons. The van der Waals surface area contributed by atoms with Gasteiger partial charge in [0.2, 0.25) is 5.91 Å². The van der Waals surface area contributed by atoms with Gasteiger partial charge in [-0.15, -0.1) is 11.3 Å². The first-order valence-corrected chi connectivity index (χ1v) is 9.52. The SMILES string of the molecule is O=C(/C=C/c1ccccc1OC(F)F)Nc1ccc(-c2cn3ccsc3n2)cc1. The summed E-state index contributed by atoms with van der Waals surface area (Å²) < 4.78 is 31.3. The second-order valence-electron chi connectivity index (χ2n) is 6.04. The first-order valence-electron chi connectivity index (χ1n) is 8.64. The Kier molecular flexibility index (Phi) is 5.35. The normalized spacial score (nSPS) is 11.4. The standard InChI is InChI=1S/C21H15F2N3O2S/c22-20(23)28-18-4-2-1-3-15(18)7-10-19(27)24-16-8-5-14(6-9-16)17-13-26-11-12-29-21(26)25-17/h1-13,20H,(H,24,27)/b10-7+. The zero-order chi connectivity index (χ0) is 20.2. The number of aromatic nitrogens is 2. The van der Waals surface area contributed by atoms with Crippen LogP contribution in [0.2, 0.25) is 0 Å². The highest BCUT2D eigenvalue weighted by Crippen LogP contribution is 2.24. The molecule has 1 N–H and O–H groups in total. The minimum absolute atomic E-state index is 0.0101. The average Bonchev–Trinajstić information content (AvgIpc) is 3.30. The van der Waals surface area contributed by atoms with Crippen molar-refractivity contribution in [2.75, 3.05) is 5.32 Å². The molecule has 5 nitrogen and oxygen atoms in total. The summed E-state index contributed by atoms with van der Waals surface area (Å²) in [5.74, 6) is -0.372. The van der Waals surface area contributed by atoms with Gasteiger partial charge >= 0.3 is 6.61 Å². The van der Waals surface area contributed by atoms with E-state index >= 15 is 0 Å². The van der Waals surface area contributed by atoms with Gasteiger partial charge in [0.25, 0.3) is 0 Å². The number of ether oxygens (including phenoxy) is 1. The van der Waals surface area contributed by atoms with E-state index in [1.165, 1.54) is 18.2 Å². The Morgan fingerprint density at radius 2 is 1.97 bits per heavy atom. The van der Waals surface area contributed by atoms with Crippen LogP contribution in [-0.4, -0.2) is 21.9 Å². The van der Waals surface area contributed by atoms with Gasteiger partial charge < -0.3 is 10.1 Å². The Balaban J connectivity index is 1.42. The highest BCUT2D eigenvalue weighted by molar-refractivity contribution is 7.15. The third-order valence-corrected chi connectivity index (χ3v) is 4.86. The van der Waals surface area contributed by atoms with E-state index in [0.29, 0.717) is 11.3 Å². The maximum atomic E-state index is 12.5. The predicted molar refractivity (Wildman–Crippen MR) is 109 cm³/mol. The second kappa shape index (κ2) is 8.24. The molecule has 2 aromatic heterocycles. The van der Waals surface area contributed by atoms with Crippen LogP contribution in [-0.2, 0) is 4.79 Å². The van der Waals surface area contributed by atoms with Crippen molar-refractivity contribution >= 4 is 34.0 Å². The Labute approximate surface area is 168 Å². The number of nitrogens with zero attached hydrogens (tertiary/aromatic N) is 2. The molecule has 0 saturated carbocycles. The lowest BCUT2D eigenvalue weighted by Crippen LogP contribution is -2.07. The van der Waals surface area contributed by atoms with E-state index in [1.807, 2.05) is 34.3 Å². The van der Waals surface area contributed by atoms with Crippen LogP contribution in [0.3, 0.4) is 0 Å². The number of fused-ring (bicyclic) bond motifs is 1. The molecule has 1 amide bonds. The zero-order valence-electron chi connectivity index (χ0n) is 15.0. The molecule has 0 spiro atoms. The summed E-state index contributed by atoms with van der Waals surface area (Å²) >= 11 is 1.56. The number of carbonyl (C=O) groups is 1. The number of imidazole rings is 1. The van der Waals surface area contributed by atoms with Gasteiger partial charge in [-0.05, 0) is 24.3 Å². The zero-order valence-corrected chi connectivity index (χ0v) is 15.8. The van der Waals surface area contributed by atoms with Gasteiger partial charge in [-0.25, -0.2) is 4.98 Å². The number of alkyl halides is 2. The van der Waals surface area contributed by atoms with Gasteiger partial charge in [-0.1, -0.05) is 30.3 Å². The number of anilines is 1. The highest BCUT2D eigenvalue weighted by Gasteiger charge is 2.08. The molecule has 0 atom stereocenters. The highest BCUT2D eigenvalue weighted by atomic mass is 32.1. The molecule has 0 saturated heterocycles. The van der Waals surface area contributed by atoms with Crippen molar-refractivity contribution in [3.63, 3.8) is 0 Å². The molecule has 0 aliphatic carbocycles. The largest absolute Gasteiger partial charge is 0.434 e. The summed E-state index contributed by atoms with van der Waals surface area (Å²) in [6, 6.07) is 13.6. The Bertz CT molecular complexity index is 1140. The molecule has 0 aliphatic heterocycles. The van der Waals surface area contributed by atoms with Crippen LogP contribution in [0.15, 0.2) is 72.4 Å². The molecule has 0 unspecified atom stereocenters. The number of nitrogens with one attached hydrogen (secondary N) is 1. The molecular formula is C21H15F2N3O2S. The molecule has 29 heavy (non-hydrogen) atoms. The van der Waals surface area contributed by atoms with Crippen molar-refractivity contribution in [3.05, 3.63) is 77.9 Å². The number of benzene rings is 2. The van der Waals surface area contributed by atoms with E-state index in [-0.39, 0.29) is 11.7 Å². The fourth-order valence-electron chi connectivity index (χ4n) is 2.76. The maximum Gasteiger partial charge on any atom is 0.387 e. The second-order valence-corrected chi connectivity index (χ2v) is 6.91. The number of hydrogen-bond donors (Lipinski definition) is 1. The summed E-state index contributed by atoms with van der Waals surface area (Å²) in [7, 11) is 0. The number of rotatable bonds is 6. The van der Waals surface area contributed by atoms with Gasteiger partial charge in [-0.3, -0.25) is 9.20 Å². The monoisotopic (exact) mass is 411 g/mol. The summed E-state index contributed by atoms with van der Waals surface area (Å²) in [5.41, 5.74) is 2.79. The van der Waals surface area contributed by atoms with E-state index in [2.05, 4.69) is 15.0 Å². The van der Waals surface area contributed by atoms with Crippen LogP contribution in [0, 0.1) is 0 Å². The first kappa shape index (κ1) is 18.8. The van der Waals surface area contributed by atoms with Crippen molar-refractivity contribution < 1.29 is 18.3 Å². The smallest absolute Gasteiger partial charge is 0.387 e. The summed E-state index contributed by atoms with van der Waals surface area (Å²) in [6.45, 7) is -2.93. The van der Waals surface area contributed by atoms with Crippen LogP contribution in [0.5, 0.6) is 5.75 Å². The van der Waals surface area contributed by atoms with Crippen molar-refractivity contribution in [2.45, 2.75) is 6.61 Å². The van der Waals surface area contributed by atoms with Crippen LogP contribution < -0.4 is 10.1 Å². The molecule has 0 aliphatic rings. The van der Waals surface area contributed by atoms with Crippen LogP contribution in [0.4, 0.5) is 14.5 Å². The number of amides is 1. The molecule has 0 fully saturated rings. The van der Waals surface area contributed by atoms with Gasteiger partial charge in [0, 0.05) is 40.7 Å². The van der Waals surface area contributed by atoms with E-state index in [1.54, 1.807) is 41.7 Å². The van der Waals surface area contributed by atoms with Crippen molar-refractivity contribution in [1.29, 1.82) is 0 Å². The minimum atomic E-state index is -2.93. The van der Waals surface area contributed by atoms with E-state index in [0.717, 1.165) is 16.2 Å². The topological polar surface area (TPSA) is 55.6 Å². The van der Waals surface area contributed by atoms with Crippen LogP contribution in [0.1, 0.15) is 5.56 Å². The number of thiazole rings is 1. The quantitative estimate of drug-likeness (QED) is 0.437. The third-order valence-electron chi connectivity index (χ3n) is 4.09. The van der Waals surface area contributed by atoms with Crippen molar-refractivity contribution in [2.24, 2.45) is 0 Å². The summed E-state index contributed by atoms with van der Waals surface area (Å²) in [5, 5.41) is 4.70. The van der Waals surface area contributed by atoms with Crippen molar-refractivity contribution in [1.82, 2.24) is 9.38 Å². The first-order chi connectivity index (χ1) is 14.1. The predicted octanol–water partition coefficient (Wildman–Crippen LogP) is 5.32. The molecule has 4 aromatic rings. The lowest BCUT2D eigenvalue weighted by molar-refractivity contribution is -0.111. The number of halogens is 2. The molecule has 2 aromatic carbocycles. The fraction of sp³-hybridized carbons (Fsp3) is 0.0476. The van der Waals surface area contributed by atoms with Gasteiger partial charge in [-0.2, -0.15) is 8.78 Å². The number of para-hydroxylation sites is 1. The fourth-order valence-corrected chi connectivity index (χ4v) is 3.46. The van der Waals surface area contributed by atoms with Crippen molar-refractivity contribution in [3.8, 4) is 17.0 Å². The molecule has 8 heteroatoms. The molecule has 0 radical (unpaired) electrons. The lowest BCUT2D eigenvalue weighted by Gasteiger charge is -2.07. The summed E-state index contributed by atoms with van der Waals surface area (Å²) in [6.07, 6.45) is 6.59. The third kappa shape index (κ3) is 4.49. The number of hydrogen-bond acceptors (Lipinski definition) is 4. The molecular weight excluding hydrogens is 396 g/mol. The summed E-state index contributed by atoms with van der Waals surface area (Å²) in [4.78, 5) is 17.6. The average molecular weight is 411 g/mol. The minimum Gasteiger partial charge on any atom is -0.434 e. The van der Waals surface area contributed by atoms with Crippen LogP contribution >= 0.6 is 11.3 Å². The Morgan fingerprint density at radius 3 is 2.72 bits per heavy atom. The van der Waals surface area contributed by atoms with E-state index < -0.39 is 6.61 Å². The Hall–Kier alpha value is -3.52. The Morgan fingerprint density at radius 1 is 1.17 bits per heavy atom. The number of carbonyl (C=O) groups excluding carboxylic acids is 1. The molecule has 4 rings (SSSR count). The van der Waals surface area contributed by atoms with Crippen LogP contribution in [0.25, 0.3) is 22.3 Å². The molecule has 0 bridgehead atoms. The van der Waals surface area contributed by atoms with Gasteiger partial charge in [0.05, 0.1) is 5.69 Å². The molecule has 2 heterocycles.